The number of rotatable bonds is 1. The number of nitrogens with one attached hydrogen (secondary N) is 1. The Morgan fingerprint density at radius 1 is 1.20 bits per heavy atom. The van der Waals surface area contributed by atoms with Crippen molar-refractivity contribution in [3.63, 3.8) is 0 Å². The van der Waals surface area contributed by atoms with E-state index in [9.17, 15) is 4.79 Å². The molecule has 1 fully saturated rings. The van der Waals surface area contributed by atoms with Gasteiger partial charge in [0.15, 0.2) is 0 Å². The van der Waals surface area contributed by atoms with E-state index < -0.39 is 0 Å². The molecule has 20 heavy (non-hydrogen) atoms. The maximum absolute atomic E-state index is 12.8. The monoisotopic (exact) mass is 272 g/mol. The van der Waals surface area contributed by atoms with Gasteiger partial charge in [0.2, 0.25) is 5.91 Å². The summed E-state index contributed by atoms with van der Waals surface area (Å²) in [4.78, 5) is 14.9. The van der Waals surface area contributed by atoms with E-state index in [0.29, 0.717) is 17.9 Å². The van der Waals surface area contributed by atoms with Gasteiger partial charge in [-0.25, -0.2) is 0 Å². The molecule has 1 aromatic rings. The summed E-state index contributed by atoms with van der Waals surface area (Å²) >= 11 is 0. The zero-order valence-corrected chi connectivity index (χ0v) is 12.4. The van der Waals surface area contributed by atoms with Crippen LogP contribution in [0, 0.1) is 5.92 Å². The summed E-state index contributed by atoms with van der Waals surface area (Å²) < 4.78 is 0. The van der Waals surface area contributed by atoms with Gasteiger partial charge in [-0.15, -0.1) is 0 Å². The van der Waals surface area contributed by atoms with Gasteiger partial charge in [-0.1, -0.05) is 31.2 Å². The summed E-state index contributed by atoms with van der Waals surface area (Å²) in [5, 5.41) is 3.42. The summed E-state index contributed by atoms with van der Waals surface area (Å²) in [6, 6.07) is 8.78. The Kier molecular flexibility index (Phi) is 3.79. The molecular formula is C17H24N2O. The van der Waals surface area contributed by atoms with E-state index in [1.165, 1.54) is 17.5 Å². The average molecular weight is 272 g/mol. The molecule has 2 unspecified atom stereocenters. The molecule has 0 aliphatic carbocycles. The fourth-order valence-electron chi connectivity index (χ4n) is 3.42. The fourth-order valence-corrected chi connectivity index (χ4v) is 3.42. The van der Waals surface area contributed by atoms with Gasteiger partial charge in [0.1, 0.15) is 0 Å². The first-order valence-electron chi connectivity index (χ1n) is 7.76. The number of piperidine rings is 1. The lowest BCUT2D eigenvalue weighted by Gasteiger charge is -2.39. The second kappa shape index (κ2) is 5.57. The molecule has 0 bridgehead atoms. The van der Waals surface area contributed by atoms with Gasteiger partial charge in [-0.05, 0) is 43.2 Å². The Hall–Kier alpha value is -1.35. The van der Waals surface area contributed by atoms with Crippen LogP contribution in [0.2, 0.25) is 0 Å². The van der Waals surface area contributed by atoms with E-state index in [1.807, 2.05) is 0 Å². The summed E-state index contributed by atoms with van der Waals surface area (Å²) in [5.74, 6) is 0.921. The van der Waals surface area contributed by atoms with Crippen LogP contribution in [-0.4, -0.2) is 29.4 Å². The number of benzene rings is 1. The third kappa shape index (κ3) is 2.59. The van der Waals surface area contributed by atoms with Crippen LogP contribution in [0.25, 0.3) is 0 Å². The normalized spacial score (nSPS) is 29.9. The van der Waals surface area contributed by atoms with Gasteiger partial charge in [0.25, 0.3) is 0 Å². The summed E-state index contributed by atoms with van der Waals surface area (Å²) in [7, 11) is 0. The van der Waals surface area contributed by atoms with Gasteiger partial charge in [-0.2, -0.15) is 0 Å². The third-order valence-corrected chi connectivity index (χ3v) is 4.78. The molecule has 0 saturated carbocycles. The summed E-state index contributed by atoms with van der Waals surface area (Å²) in [6.45, 7) is 6.15. The molecule has 1 amide bonds. The van der Waals surface area contributed by atoms with Crippen LogP contribution < -0.4 is 5.32 Å². The maximum Gasteiger partial charge on any atom is 0.240 e. The topological polar surface area (TPSA) is 32.3 Å². The minimum Gasteiger partial charge on any atom is -0.338 e. The van der Waals surface area contributed by atoms with Gasteiger partial charge in [-0.3, -0.25) is 4.79 Å². The van der Waals surface area contributed by atoms with Crippen molar-refractivity contribution in [2.24, 2.45) is 5.92 Å². The highest BCUT2D eigenvalue weighted by Crippen LogP contribution is 2.24. The summed E-state index contributed by atoms with van der Waals surface area (Å²) in [5.41, 5.74) is 2.65. The Labute approximate surface area is 121 Å². The van der Waals surface area contributed by atoms with Crippen molar-refractivity contribution < 1.29 is 4.79 Å². The second-order valence-electron chi connectivity index (χ2n) is 6.43. The Morgan fingerprint density at radius 3 is 2.75 bits per heavy atom. The van der Waals surface area contributed by atoms with Crippen molar-refractivity contribution in [2.75, 3.05) is 6.54 Å². The number of carbonyl (C=O) groups is 1. The van der Waals surface area contributed by atoms with Crippen molar-refractivity contribution in [1.82, 2.24) is 10.2 Å². The highest BCUT2D eigenvalue weighted by molar-refractivity contribution is 5.83. The number of likely N-dealkylation sites (tertiary alicyclic amines) is 1. The lowest BCUT2D eigenvalue weighted by molar-refractivity contribution is -0.138. The van der Waals surface area contributed by atoms with Crippen molar-refractivity contribution in [3.8, 4) is 0 Å². The van der Waals surface area contributed by atoms with Crippen LogP contribution in [0.15, 0.2) is 24.3 Å². The van der Waals surface area contributed by atoms with Crippen molar-refractivity contribution in [3.05, 3.63) is 35.4 Å². The minimum atomic E-state index is -0.0438. The Bertz CT molecular complexity index is 500. The second-order valence-corrected chi connectivity index (χ2v) is 6.43. The molecule has 3 nitrogen and oxygen atoms in total. The molecule has 2 aliphatic rings. The molecule has 3 rings (SSSR count). The molecular weight excluding hydrogens is 248 g/mol. The van der Waals surface area contributed by atoms with Gasteiger partial charge < -0.3 is 10.2 Å². The minimum absolute atomic E-state index is 0.0438. The smallest absolute Gasteiger partial charge is 0.240 e. The van der Waals surface area contributed by atoms with E-state index in [4.69, 9.17) is 0 Å². The standard InChI is InChI=1S/C17H24N2O/c1-12-7-8-13(2)19(11-12)17(20)16-9-14-5-3-4-6-15(14)10-18-16/h3-6,12-13,16,18H,7-11H2,1-2H3/t12?,13?,16-/m0/s1. The molecule has 0 radical (unpaired) electrons. The van der Waals surface area contributed by atoms with E-state index in [-0.39, 0.29) is 6.04 Å². The maximum atomic E-state index is 12.8. The molecule has 108 valence electrons. The van der Waals surface area contributed by atoms with E-state index >= 15 is 0 Å². The number of amides is 1. The molecule has 1 aromatic carbocycles. The van der Waals surface area contributed by atoms with Crippen LogP contribution in [0.5, 0.6) is 0 Å². The van der Waals surface area contributed by atoms with Crippen LogP contribution in [-0.2, 0) is 17.8 Å². The zero-order valence-electron chi connectivity index (χ0n) is 12.4. The molecule has 0 spiro atoms. The lowest BCUT2D eigenvalue weighted by atomic mass is 9.91. The predicted octanol–water partition coefficient (Wildman–Crippen LogP) is 2.35. The van der Waals surface area contributed by atoms with Crippen LogP contribution in [0.1, 0.15) is 37.8 Å². The van der Waals surface area contributed by atoms with Crippen molar-refractivity contribution in [1.29, 1.82) is 0 Å². The quantitative estimate of drug-likeness (QED) is 0.851. The predicted molar refractivity (Wildman–Crippen MR) is 80.3 cm³/mol. The molecule has 1 N–H and O–H groups in total. The highest BCUT2D eigenvalue weighted by atomic mass is 16.2. The molecule has 3 atom stereocenters. The molecule has 2 aliphatic heterocycles. The first kappa shape index (κ1) is 13.6. The first-order chi connectivity index (χ1) is 9.65. The largest absolute Gasteiger partial charge is 0.338 e. The molecule has 1 saturated heterocycles. The van der Waals surface area contributed by atoms with Crippen molar-refractivity contribution in [2.45, 2.75) is 51.7 Å². The number of nitrogens with zero attached hydrogens (tertiary/aromatic N) is 1. The van der Waals surface area contributed by atoms with Crippen LogP contribution >= 0.6 is 0 Å². The number of fused-ring (bicyclic) bond motifs is 1. The average Bonchev–Trinajstić information content (AvgIpc) is 2.48. The van der Waals surface area contributed by atoms with Gasteiger partial charge >= 0.3 is 0 Å². The SMILES string of the molecule is CC1CCC(C)N(C(=O)[C@@H]2Cc3ccccc3CN2)C1. The van der Waals surface area contributed by atoms with Crippen LogP contribution in [0.3, 0.4) is 0 Å². The third-order valence-electron chi connectivity index (χ3n) is 4.78. The number of hydrogen-bond donors (Lipinski definition) is 1. The molecule has 3 heteroatoms. The highest BCUT2D eigenvalue weighted by Gasteiger charge is 2.33. The Morgan fingerprint density at radius 2 is 1.95 bits per heavy atom. The lowest BCUT2D eigenvalue weighted by Crippen LogP contribution is -2.54. The summed E-state index contributed by atoms with van der Waals surface area (Å²) in [6.07, 6.45) is 3.20. The van der Waals surface area contributed by atoms with E-state index in [1.54, 1.807) is 0 Å². The molecule has 0 aromatic heterocycles. The molecule has 2 heterocycles. The number of carbonyl (C=O) groups excluding carboxylic acids is 1. The first-order valence-corrected chi connectivity index (χ1v) is 7.76. The van der Waals surface area contributed by atoms with Gasteiger partial charge in [0.05, 0.1) is 6.04 Å². The van der Waals surface area contributed by atoms with E-state index in [0.717, 1.165) is 25.9 Å². The Balaban J connectivity index is 1.72. The van der Waals surface area contributed by atoms with Crippen molar-refractivity contribution >= 4 is 5.91 Å². The number of hydrogen-bond acceptors (Lipinski definition) is 2. The van der Waals surface area contributed by atoms with Gasteiger partial charge in [0, 0.05) is 19.1 Å². The van der Waals surface area contributed by atoms with E-state index in [2.05, 4.69) is 48.3 Å². The zero-order chi connectivity index (χ0) is 14.1. The fraction of sp³-hybridized carbons (Fsp3) is 0.588. The van der Waals surface area contributed by atoms with Crippen LogP contribution in [0.4, 0.5) is 0 Å².